The lowest BCUT2D eigenvalue weighted by atomic mass is 9.84. The van der Waals surface area contributed by atoms with Crippen LogP contribution in [0.2, 0.25) is 0 Å². The highest BCUT2D eigenvalue weighted by molar-refractivity contribution is 5.85. The molecule has 1 saturated heterocycles. The standard InChI is InChI=1S/C15H25N3O2.ClH/c1-9(8-18-6-2-3-12(18)19)17-15(20)13-10-4-5-11(7-10)14(13)16;/h9-11,13-14H,2-8,16H2,1H3,(H,17,20);1H. The van der Waals surface area contributed by atoms with Gasteiger partial charge in [-0.25, -0.2) is 0 Å². The summed E-state index contributed by atoms with van der Waals surface area (Å²) in [6.45, 7) is 3.43. The van der Waals surface area contributed by atoms with E-state index in [4.69, 9.17) is 5.73 Å². The number of likely N-dealkylation sites (tertiary alicyclic amines) is 1. The summed E-state index contributed by atoms with van der Waals surface area (Å²) in [5.74, 6) is 1.33. The van der Waals surface area contributed by atoms with Gasteiger partial charge in [0, 0.05) is 31.6 Å². The molecule has 2 bridgehead atoms. The van der Waals surface area contributed by atoms with Crippen LogP contribution in [0.1, 0.15) is 39.0 Å². The van der Waals surface area contributed by atoms with E-state index in [1.54, 1.807) is 0 Å². The first-order chi connectivity index (χ1) is 9.56. The molecule has 5 nitrogen and oxygen atoms in total. The molecule has 2 aliphatic carbocycles. The van der Waals surface area contributed by atoms with Gasteiger partial charge in [0.15, 0.2) is 0 Å². The molecule has 5 unspecified atom stereocenters. The first-order valence-electron chi connectivity index (χ1n) is 7.90. The molecule has 21 heavy (non-hydrogen) atoms. The van der Waals surface area contributed by atoms with Crippen molar-refractivity contribution in [2.24, 2.45) is 23.5 Å². The van der Waals surface area contributed by atoms with Crippen LogP contribution >= 0.6 is 12.4 Å². The average Bonchev–Trinajstić information content (AvgIpc) is 3.06. The molecule has 3 fully saturated rings. The van der Waals surface area contributed by atoms with Crippen molar-refractivity contribution in [2.45, 2.75) is 51.1 Å². The Labute approximate surface area is 132 Å². The molecule has 0 aromatic rings. The molecule has 2 saturated carbocycles. The number of rotatable bonds is 4. The third-order valence-corrected chi connectivity index (χ3v) is 5.34. The van der Waals surface area contributed by atoms with Crippen molar-refractivity contribution in [1.29, 1.82) is 0 Å². The second-order valence-electron chi connectivity index (χ2n) is 6.79. The van der Waals surface area contributed by atoms with Gasteiger partial charge in [-0.3, -0.25) is 9.59 Å². The minimum atomic E-state index is -0.00882. The number of amides is 2. The second kappa shape index (κ2) is 6.53. The molecule has 1 aliphatic heterocycles. The van der Waals surface area contributed by atoms with Gasteiger partial charge in [0.05, 0.1) is 5.92 Å². The molecule has 120 valence electrons. The molecule has 0 radical (unpaired) electrons. The number of hydrogen-bond acceptors (Lipinski definition) is 3. The van der Waals surface area contributed by atoms with Crippen LogP contribution in [0, 0.1) is 17.8 Å². The lowest BCUT2D eigenvalue weighted by Crippen LogP contribution is -2.50. The number of carbonyl (C=O) groups is 2. The zero-order valence-corrected chi connectivity index (χ0v) is 13.4. The number of carbonyl (C=O) groups excluding carboxylic acids is 2. The fourth-order valence-corrected chi connectivity index (χ4v) is 4.34. The highest BCUT2D eigenvalue weighted by atomic mass is 35.5. The van der Waals surface area contributed by atoms with E-state index in [9.17, 15) is 9.59 Å². The predicted octanol–water partition coefficient (Wildman–Crippen LogP) is 0.909. The SMILES string of the molecule is CC(CN1CCCC1=O)NC(=O)C1C2CCC(C2)C1N.Cl. The van der Waals surface area contributed by atoms with Crippen molar-refractivity contribution in [3.05, 3.63) is 0 Å². The molecule has 5 atom stereocenters. The van der Waals surface area contributed by atoms with Gasteiger partial charge in [0.25, 0.3) is 0 Å². The summed E-state index contributed by atoms with van der Waals surface area (Å²) in [6.07, 6.45) is 5.05. The molecule has 3 N–H and O–H groups in total. The Morgan fingerprint density at radius 3 is 2.71 bits per heavy atom. The number of nitrogens with zero attached hydrogens (tertiary/aromatic N) is 1. The number of nitrogens with two attached hydrogens (primary N) is 1. The van der Waals surface area contributed by atoms with E-state index in [-0.39, 0.29) is 42.2 Å². The summed E-state index contributed by atoms with van der Waals surface area (Å²) in [5.41, 5.74) is 6.20. The van der Waals surface area contributed by atoms with E-state index in [1.165, 1.54) is 6.42 Å². The molecule has 0 aromatic heterocycles. The Hall–Kier alpha value is -0.810. The number of nitrogens with one attached hydrogen (secondary N) is 1. The van der Waals surface area contributed by atoms with Gasteiger partial charge in [-0.1, -0.05) is 0 Å². The van der Waals surface area contributed by atoms with E-state index < -0.39 is 0 Å². The van der Waals surface area contributed by atoms with Gasteiger partial charge in [-0.05, 0) is 44.4 Å². The molecular formula is C15H26ClN3O2. The largest absolute Gasteiger partial charge is 0.352 e. The van der Waals surface area contributed by atoms with E-state index in [0.29, 0.717) is 24.8 Å². The fourth-order valence-electron chi connectivity index (χ4n) is 4.34. The lowest BCUT2D eigenvalue weighted by Gasteiger charge is -2.29. The van der Waals surface area contributed by atoms with Crippen LogP contribution in [-0.4, -0.2) is 41.9 Å². The summed E-state index contributed by atoms with van der Waals surface area (Å²) >= 11 is 0. The highest BCUT2D eigenvalue weighted by Crippen LogP contribution is 2.47. The Kier molecular flexibility index (Phi) is 5.15. The van der Waals surface area contributed by atoms with Gasteiger partial charge in [0.1, 0.15) is 0 Å². The monoisotopic (exact) mass is 315 g/mol. The first kappa shape index (κ1) is 16.6. The van der Waals surface area contributed by atoms with Crippen molar-refractivity contribution in [3.63, 3.8) is 0 Å². The van der Waals surface area contributed by atoms with Crippen molar-refractivity contribution in [2.75, 3.05) is 13.1 Å². The minimum Gasteiger partial charge on any atom is -0.352 e. The van der Waals surface area contributed by atoms with Gasteiger partial charge < -0.3 is 16.0 Å². The predicted molar refractivity (Wildman–Crippen MR) is 83.0 cm³/mol. The lowest BCUT2D eigenvalue weighted by molar-refractivity contribution is -0.130. The smallest absolute Gasteiger partial charge is 0.225 e. The molecule has 6 heteroatoms. The van der Waals surface area contributed by atoms with Gasteiger partial charge in [-0.15, -0.1) is 12.4 Å². The molecule has 2 amide bonds. The minimum absolute atomic E-state index is 0. The molecule has 0 aromatic carbocycles. The summed E-state index contributed by atoms with van der Waals surface area (Å²) in [7, 11) is 0. The fraction of sp³-hybridized carbons (Fsp3) is 0.867. The van der Waals surface area contributed by atoms with Gasteiger partial charge in [0.2, 0.25) is 11.8 Å². The maximum absolute atomic E-state index is 12.4. The quantitative estimate of drug-likeness (QED) is 0.809. The Bertz CT molecular complexity index is 416. The molecule has 0 spiro atoms. The normalized spacial score (nSPS) is 35.7. The van der Waals surface area contributed by atoms with Gasteiger partial charge in [-0.2, -0.15) is 0 Å². The Balaban J connectivity index is 0.00000161. The zero-order valence-electron chi connectivity index (χ0n) is 12.6. The third kappa shape index (κ3) is 3.19. The summed E-state index contributed by atoms with van der Waals surface area (Å²) in [6, 6.07) is 0.0465. The van der Waals surface area contributed by atoms with Crippen molar-refractivity contribution < 1.29 is 9.59 Å². The number of hydrogen-bond donors (Lipinski definition) is 2. The summed E-state index contributed by atoms with van der Waals surface area (Å²) in [4.78, 5) is 25.9. The van der Waals surface area contributed by atoms with Crippen LogP contribution in [0.4, 0.5) is 0 Å². The average molecular weight is 316 g/mol. The molecule has 3 rings (SSSR count). The van der Waals surface area contributed by atoms with Crippen LogP contribution in [0.5, 0.6) is 0 Å². The van der Waals surface area contributed by atoms with E-state index in [1.807, 2.05) is 11.8 Å². The Morgan fingerprint density at radius 1 is 1.43 bits per heavy atom. The summed E-state index contributed by atoms with van der Waals surface area (Å²) in [5, 5.41) is 3.07. The van der Waals surface area contributed by atoms with E-state index in [2.05, 4.69) is 5.32 Å². The van der Waals surface area contributed by atoms with E-state index in [0.717, 1.165) is 25.8 Å². The third-order valence-electron chi connectivity index (χ3n) is 5.34. The molecule has 1 heterocycles. The summed E-state index contributed by atoms with van der Waals surface area (Å²) < 4.78 is 0. The number of fused-ring (bicyclic) bond motifs is 2. The van der Waals surface area contributed by atoms with Crippen LogP contribution in [0.25, 0.3) is 0 Å². The second-order valence-corrected chi connectivity index (χ2v) is 6.79. The zero-order chi connectivity index (χ0) is 14.3. The maximum atomic E-state index is 12.4. The van der Waals surface area contributed by atoms with Crippen molar-refractivity contribution >= 4 is 24.2 Å². The molecular weight excluding hydrogens is 290 g/mol. The number of halogens is 1. The van der Waals surface area contributed by atoms with Crippen molar-refractivity contribution in [1.82, 2.24) is 10.2 Å². The van der Waals surface area contributed by atoms with Crippen molar-refractivity contribution in [3.8, 4) is 0 Å². The molecule has 3 aliphatic rings. The van der Waals surface area contributed by atoms with Gasteiger partial charge >= 0.3 is 0 Å². The van der Waals surface area contributed by atoms with Crippen LogP contribution in [-0.2, 0) is 9.59 Å². The Morgan fingerprint density at radius 2 is 2.14 bits per heavy atom. The van der Waals surface area contributed by atoms with Crippen LogP contribution in [0.15, 0.2) is 0 Å². The topological polar surface area (TPSA) is 75.4 Å². The maximum Gasteiger partial charge on any atom is 0.225 e. The van der Waals surface area contributed by atoms with Crippen LogP contribution < -0.4 is 11.1 Å². The first-order valence-corrected chi connectivity index (χ1v) is 7.90. The van der Waals surface area contributed by atoms with E-state index >= 15 is 0 Å². The highest BCUT2D eigenvalue weighted by Gasteiger charge is 2.49. The van der Waals surface area contributed by atoms with Crippen LogP contribution in [0.3, 0.4) is 0 Å².